The van der Waals surface area contributed by atoms with Crippen LogP contribution in [0.3, 0.4) is 0 Å². The van der Waals surface area contributed by atoms with E-state index in [1.165, 1.54) is 26.1 Å². The van der Waals surface area contributed by atoms with Gasteiger partial charge in [0, 0.05) is 18.6 Å². The minimum Gasteiger partial charge on any atom is -0.315 e. The van der Waals surface area contributed by atoms with Gasteiger partial charge >= 0.3 is 0 Å². The van der Waals surface area contributed by atoms with Crippen LogP contribution < -0.4 is 5.32 Å². The summed E-state index contributed by atoms with van der Waals surface area (Å²) in [5.41, 5.74) is 0.303. The van der Waals surface area contributed by atoms with Crippen molar-refractivity contribution in [3.8, 4) is 0 Å². The molecule has 0 amide bonds. The molecule has 1 saturated heterocycles. The van der Waals surface area contributed by atoms with Crippen LogP contribution in [0.15, 0.2) is 0 Å². The summed E-state index contributed by atoms with van der Waals surface area (Å²) in [6.07, 6.45) is 1.27. The second kappa shape index (κ2) is 5.99. The SMILES string of the molecule is CC1CNCC(C)(C)N(CCCN(C)C)C1. The number of hydrogen-bond acceptors (Lipinski definition) is 3. The van der Waals surface area contributed by atoms with Crippen molar-refractivity contribution in [1.82, 2.24) is 15.1 Å². The van der Waals surface area contributed by atoms with Crippen LogP contribution in [0.4, 0.5) is 0 Å². The van der Waals surface area contributed by atoms with E-state index in [2.05, 4.69) is 50.0 Å². The zero-order chi connectivity index (χ0) is 12.2. The van der Waals surface area contributed by atoms with E-state index in [0.29, 0.717) is 5.54 Å². The third-order valence-electron chi connectivity index (χ3n) is 3.47. The van der Waals surface area contributed by atoms with Gasteiger partial charge in [0.05, 0.1) is 0 Å². The molecule has 1 N–H and O–H groups in total. The average Bonchev–Trinajstić information content (AvgIpc) is 2.26. The van der Waals surface area contributed by atoms with Crippen molar-refractivity contribution < 1.29 is 0 Å². The second-order valence-corrected chi connectivity index (χ2v) is 6.15. The molecule has 1 atom stereocenters. The van der Waals surface area contributed by atoms with E-state index in [1.54, 1.807) is 0 Å². The van der Waals surface area contributed by atoms with Gasteiger partial charge in [0.1, 0.15) is 0 Å². The van der Waals surface area contributed by atoms with Crippen molar-refractivity contribution in [2.24, 2.45) is 5.92 Å². The zero-order valence-electron chi connectivity index (χ0n) is 11.7. The van der Waals surface area contributed by atoms with E-state index >= 15 is 0 Å². The van der Waals surface area contributed by atoms with E-state index in [-0.39, 0.29) is 0 Å². The standard InChI is InChI=1S/C13H29N3/c1-12-9-14-11-13(2,3)16(10-12)8-6-7-15(4)5/h12,14H,6-11H2,1-5H3. The van der Waals surface area contributed by atoms with Gasteiger partial charge < -0.3 is 10.2 Å². The predicted octanol–water partition coefficient (Wildman–Crippen LogP) is 1.26. The molecule has 0 aromatic heterocycles. The van der Waals surface area contributed by atoms with Gasteiger partial charge in [0.25, 0.3) is 0 Å². The normalized spacial score (nSPS) is 27.0. The first kappa shape index (κ1) is 13.9. The van der Waals surface area contributed by atoms with Crippen LogP contribution in [0.1, 0.15) is 27.2 Å². The molecule has 0 aliphatic carbocycles. The van der Waals surface area contributed by atoms with Crippen molar-refractivity contribution in [2.45, 2.75) is 32.7 Å². The third-order valence-corrected chi connectivity index (χ3v) is 3.47. The molecule has 0 radical (unpaired) electrons. The molecule has 0 aromatic rings. The lowest BCUT2D eigenvalue weighted by atomic mass is 10.0. The Morgan fingerprint density at radius 2 is 2.06 bits per heavy atom. The summed E-state index contributed by atoms with van der Waals surface area (Å²) in [5, 5.41) is 3.56. The molecule has 1 unspecified atom stereocenters. The molecular weight excluding hydrogens is 198 g/mol. The lowest BCUT2D eigenvalue weighted by Gasteiger charge is -2.37. The molecule has 96 valence electrons. The van der Waals surface area contributed by atoms with Gasteiger partial charge in [-0.1, -0.05) is 6.92 Å². The van der Waals surface area contributed by atoms with Gasteiger partial charge in [0.2, 0.25) is 0 Å². The zero-order valence-corrected chi connectivity index (χ0v) is 11.7. The summed E-state index contributed by atoms with van der Waals surface area (Å²) in [4.78, 5) is 4.92. The Hall–Kier alpha value is -0.120. The Kier molecular flexibility index (Phi) is 5.22. The lowest BCUT2D eigenvalue weighted by Crippen LogP contribution is -2.49. The molecular formula is C13H29N3. The first-order valence-electron chi connectivity index (χ1n) is 6.52. The molecule has 1 aliphatic rings. The summed E-state index contributed by atoms with van der Waals surface area (Å²) in [6, 6.07) is 0. The van der Waals surface area contributed by atoms with Crippen molar-refractivity contribution in [3.63, 3.8) is 0 Å². The number of rotatable bonds is 4. The summed E-state index contributed by atoms with van der Waals surface area (Å²) >= 11 is 0. The highest BCUT2D eigenvalue weighted by molar-refractivity contribution is 4.88. The summed E-state index contributed by atoms with van der Waals surface area (Å²) in [7, 11) is 4.30. The summed E-state index contributed by atoms with van der Waals surface area (Å²) in [6.45, 7) is 13.0. The first-order chi connectivity index (χ1) is 7.42. The van der Waals surface area contributed by atoms with Gasteiger partial charge in [-0.25, -0.2) is 0 Å². The summed E-state index contributed by atoms with van der Waals surface area (Å²) < 4.78 is 0. The fourth-order valence-corrected chi connectivity index (χ4v) is 2.40. The topological polar surface area (TPSA) is 18.5 Å². The minimum absolute atomic E-state index is 0.303. The second-order valence-electron chi connectivity index (χ2n) is 6.15. The molecule has 0 spiro atoms. The van der Waals surface area contributed by atoms with E-state index in [4.69, 9.17) is 0 Å². The first-order valence-corrected chi connectivity index (χ1v) is 6.52. The van der Waals surface area contributed by atoms with Gasteiger partial charge in [-0.15, -0.1) is 0 Å². The highest BCUT2D eigenvalue weighted by atomic mass is 15.2. The van der Waals surface area contributed by atoms with Gasteiger partial charge in [-0.05, 0) is 59.9 Å². The van der Waals surface area contributed by atoms with Crippen LogP contribution in [0.25, 0.3) is 0 Å². The van der Waals surface area contributed by atoms with Crippen molar-refractivity contribution >= 4 is 0 Å². The maximum Gasteiger partial charge on any atom is 0.0277 e. The highest BCUT2D eigenvalue weighted by Crippen LogP contribution is 2.18. The van der Waals surface area contributed by atoms with Crippen LogP contribution in [0, 0.1) is 5.92 Å². The van der Waals surface area contributed by atoms with Crippen LogP contribution in [0.2, 0.25) is 0 Å². The molecule has 1 heterocycles. The smallest absolute Gasteiger partial charge is 0.0277 e. The summed E-state index contributed by atoms with van der Waals surface area (Å²) in [5.74, 6) is 0.765. The number of nitrogens with one attached hydrogen (secondary N) is 1. The van der Waals surface area contributed by atoms with Crippen LogP contribution >= 0.6 is 0 Å². The number of hydrogen-bond donors (Lipinski definition) is 1. The minimum atomic E-state index is 0.303. The molecule has 3 heteroatoms. The Morgan fingerprint density at radius 1 is 1.38 bits per heavy atom. The lowest BCUT2D eigenvalue weighted by molar-refractivity contribution is 0.117. The Bertz CT molecular complexity index is 201. The van der Waals surface area contributed by atoms with E-state index in [9.17, 15) is 0 Å². The molecule has 0 aromatic carbocycles. The van der Waals surface area contributed by atoms with Crippen molar-refractivity contribution in [1.29, 1.82) is 0 Å². The molecule has 0 bridgehead atoms. The predicted molar refractivity (Wildman–Crippen MR) is 70.9 cm³/mol. The van der Waals surface area contributed by atoms with Crippen LogP contribution in [-0.4, -0.2) is 62.2 Å². The largest absolute Gasteiger partial charge is 0.315 e. The van der Waals surface area contributed by atoms with Gasteiger partial charge in [-0.3, -0.25) is 4.90 Å². The fourth-order valence-electron chi connectivity index (χ4n) is 2.40. The van der Waals surface area contributed by atoms with Gasteiger partial charge in [-0.2, -0.15) is 0 Å². The average molecular weight is 227 g/mol. The van der Waals surface area contributed by atoms with Crippen molar-refractivity contribution in [2.75, 3.05) is 46.8 Å². The Labute approximate surface area is 101 Å². The quantitative estimate of drug-likeness (QED) is 0.780. The monoisotopic (exact) mass is 227 g/mol. The molecule has 1 rings (SSSR count). The Balaban J connectivity index is 2.45. The third kappa shape index (κ3) is 4.40. The van der Waals surface area contributed by atoms with Crippen LogP contribution in [0.5, 0.6) is 0 Å². The molecule has 16 heavy (non-hydrogen) atoms. The van der Waals surface area contributed by atoms with Gasteiger partial charge in [0.15, 0.2) is 0 Å². The molecule has 1 aliphatic heterocycles. The molecule has 3 nitrogen and oxygen atoms in total. The highest BCUT2D eigenvalue weighted by Gasteiger charge is 2.29. The Morgan fingerprint density at radius 3 is 2.69 bits per heavy atom. The molecule has 0 saturated carbocycles. The van der Waals surface area contributed by atoms with Crippen LogP contribution in [-0.2, 0) is 0 Å². The van der Waals surface area contributed by atoms with Crippen molar-refractivity contribution in [3.05, 3.63) is 0 Å². The maximum atomic E-state index is 3.56. The number of nitrogens with zero attached hydrogens (tertiary/aromatic N) is 2. The maximum absolute atomic E-state index is 3.56. The molecule has 1 fully saturated rings. The van der Waals surface area contributed by atoms with E-state index in [0.717, 1.165) is 19.0 Å². The fraction of sp³-hybridized carbons (Fsp3) is 1.00. The van der Waals surface area contributed by atoms with E-state index in [1.807, 2.05) is 0 Å². The van der Waals surface area contributed by atoms with E-state index < -0.39 is 0 Å².